The van der Waals surface area contributed by atoms with E-state index in [4.69, 9.17) is 0 Å². The van der Waals surface area contributed by atoms with E-state index in [9.17, 15) is 4.79 Å². The second-order valence-corrected chi connectivity index (χ2v) is 3.25. The van der Waals surface area contributed by atoms with Gasteiger partial charge in [-0.3, -0.25) is 0 Å². The molecule has 0 aromatic heterocycles. The molecule has 1 fully saturated rings. The molecule has 0 N–H and O–H groups in total. The highest BCUT2D eigenvalue weighted by Gasteiger charge is 2.22. The van der Waals surface area contributed by atoms with Crippen LogP contribution in [0.1, 0.15) is 39.0 Å². The average Bonchev–Trinajstić information content (AvgIpc) is 2.04. The summed E-state index contributed by atoms with van der Waals surface area (Å²) in [5, 5.41) is 0. The van der Waals surface area contributed by atoms with Gasteiger partial charge in [0.05, 0.1) is 0 Å². The summed E-state index contributed by atoms with van der Waals surface area (Å²) in [7, 11) is 0. The van der Waals surface area contributed by atoms with Gasteiger partial charge in [-0.25, -0.2) is 0 Å². The van der Waals surface area contributed by atoms with Crippen molar-refractivity contribution >= 4 is 6.29 Å². The van der Waals surface area contributed by atoms with Crippen LogP contribution in [0.3, 0.4) is 0 Å². The molecule has 0 aliphatic heterocycles. The third kappa shape index (κ3) is 1.59. The van der Waals surface area contributed by atoms with Crippen LogP contribution in [0, 0.1) is 11.8 Å². The van der Waals surface area contributed by atoms with Crippen molar-refractivity contribution in [1.82, 2.24) is 0 Å². The molecule has 1 heteroatoms. The van der Waals surface area contributed by atoms with E-state index in [0.29, 0.717) is 11.8 Å². The van der Waals surface area contributed by atoms with Crippen LogP contribution < -0.4 is 0 Å². The first-order valence-corrected chi connectivity index (χ1v) is 4.33. The van der Waals surface area contributed by atoms with Crippen LogP contribution in [0.4, 0.5) is 0 Å². The van der Waals surface area contributed by atoms with Crippen LogP contribution in [-0.2, 0) is 4.79 Å². The zero-order valence-corrected chi connectivity index (χ0v) is 6.68. The quantitative estimate of drug-likeness (QED) is 0.538. The molecule has 0 bridgehead atoms. The maximum absolute atomic E-state index is 10.5. The van der Waals surface area contributed by atoms with Crippen molar-refractivity contribution < 1.29 is 4.79 Å². The number of carbonyl (C=O) groups is 1. The third-order valence-electron chi connectivity index (χ3n) is 2.67. The first-order valence-electron chi connectivity index (χ1n) is 4.33. The Balaban J connectivity index is 2.41. The molecule has 1 unspecified atom stereocenters. The van der Waals surface area contributed by atoms with Gasteiger partial charge in [0.1, 0.15) is 6.29 Å². The van der Waals surface area contributed by atoms with Crippen molar-refractivity contribution in [2.24, 2.45) is 11.8 Å². The third-order valence-corrected chi connectivity index (χ3v) is 2.67. The topological polar surface area (TPSA) is 17.1 Å². The number of hydrogen-bond donors (Lipinski definition) is 0. The van der Waals surface area contributed by atoms with Crippen LogP contribution in [-0.4, -0.2) is 6.29 Å². The van der Waals surface area contributed by atoms with Gasteiger partial charge in [0.25, 0.3) is 0 Å². The summed E-state index contributed by atoms with van der Waals surface area (Å²) in [6.07, 6.45) is 7.36. The van der Waals surface area contributed by atoms with E-state index in [-0.39, 0.29) is 0 Å². The lowest BCUT2D eigenvalue weighted by Crippen LogP contribution is -2.19. The summed E-state index contributed by atoms with van der Waals surface area (Å²) >= 11 is 0. The Morgan fingerprint density at radius 2 is 2.10 bits per heavy atom. The lowest BCUT2D eigenvalue weighted by atomic mass is 9.79. The molecule has 1 nitrogen and oxygen atoms in total. The molecule has 10 heavy (non-hydrogen) atoms. The molecule has 0 radical (unpaired) electrons. The van der Waals surface area contributed by atoms with Gasteiger partial charge in [-0.05, 0) is 18.8 Å². The Morgan fingerprint density at radius 3 is 2.60 bits per heavy atom. The van der Waals surface area contributed by atoms with Crippen molar-refractivity contribution in [3.05, 3.63) is 0 Å². The van der Waals surface area contributed by atoms with E-state index in [2.05, 4.69) is 6.92 Å². The van der Waals surface area contributed by atoms with E-state index < -0.39 is 0 Å². The molecular weight excluding hydrogens is 124 g/mol. The van der Waals surface area contributed by atoms with E-state index in [1.165, 1.54) is 25.7 Å². The number of hydrogen-bond acceptors (Lipinski definition) is 1. The number of carbonyl (C=O) groups excluding carboxylic acids is 1. The van der Waals surface area contributed by atoms with Gasteiger partial charge >= 0.3 is 0 Å². The van der Waals surface area contributed by atoms with Crippen LogP contribution in [0.25, 0.3) is 0 Å². The molecule has 0 saturated heterocycles. The Morgan fingerprint density at radius 1 is 1.40 bits per heavy atom. The smallest absolute Gasteiger partial charge is 0.123 e. The maximum atomic E-state index is 10.5. The Bertz CT molecular complexity index is 109. The summed E-state index contributed by atoms with van der Waals surface area (Å²) in [4.78, 5) is 10.5. The van der Waals surface area contributed by atoms with Crippen molar-refractivity contribution in [3.8, 4) is 0 Å². The summed E-state index contributed by atoms with van der Waals surface area (Å²) in [5.74, 6) is 1.09. The minimum Gasteiger partial charge on any atom is -0.303 e. The molecule has 1 aliphatic rings. The molecule has 1 rings (SSSR count). The molecule has 58 valence electrons. The molecule has 2 atom stereocenters. The minimum absolute atomic E-state index is 0.388. The highest BCUT2D eigenvalue weighted by atomic mass is 16.1. The van der Waals surface area contributed by atoms with Gasteiger partial charge in [0.2, 0.25) is 0 Å². The highest BCUT2D eigenvalue weighted by Crippen LogP contribution is 2.30. The van der Waals surface area contributed by atoms with E-state index in [1.807, 2.05) is 0 Å². The zero-order chi connectivity index (χ0) is 7.40. The van der Waals surface area contributed by atoms with Gasteiger partial charge in [0, 0.05) is 5.92 Å². The van der Waals surface area contributed by atoms with Crippen LogP contribution in [0.2, 0.25) is 0 Å². The van der Waals surface area contributed by atoms with Gasteiger partial charge < -0.3 is 4.79 Å². The van der Waals surface area contributed by atoms with E-state index >= 15 is 0 Å². The predicted octanol–water partition coefficient (Wildman–Crippen LogP) is 2.40. The van der Waals surface area contributed by atoms with E-state index in [1.54, 1.807) is 0 Å². The fourth-order valence-corrected chi connectivity index (χ4v) is 1.92. The second-order valence-electron chi connectivity index (χ2n) is 3.25. The van der Waals surface area contributed by atoms with Crippen LogP contribution >= 0.6 is 0 Å². The lowest BCUT2D eigenvalue weighted by Gasteiger charge is -2.26. The van der Waals surface area contributed by atoms with Gasteiger partial charge in [-0.1, -0.05) is 26.2 Å². The summed E-state index contributed by atoms with van der Waals surface area (Å²) in [5.41, 5.74) is 0. The van der Waals surface area contributed by atoms with Crippen molar-refractivity contribution in [2.45, 2.75) is 39.0 Å². The molecule has 0 spiro atoms. The summed E-state index contributed by atoms with van der Waals surface area (Å²) < 4.78 is 0. The summed E-state index contributed by atoms with van der Waals surface area (Å²) in [6, 6.07) is 0. The first-order chi connectivity index (χ1) is 4.88. The van der Waals surface area contributed by atoms with Crippen molar-refractivity contribution in [3.63, 3.8) is 0 Å². The fourth-order valence-electron chi connectivity index (χ4n) is 1.92. The normalized spacial score (nSPS) is 33.7. The SMILES string of the molecule is CC[C@@H]1CCCCC1C=O. The molecule has 1 aliphatic carbocycles. The van der Waals surface area contributed by atoms with Crippen molar-refractivity contribution in [2.75, 3.05) is 0 Å². The molecule has 0 heterocycles. The molecule has 0 amide bonds. The first kappa shape index (κ1) is 7.77. The molecular formula is C9H16O. The Kier molecular flexibility index (Phi) is 2.91. The zero-order valence-electron chi connectivity index (χ0n) is 6.68. The monoisotopic (exact) mass is 140 g/mol. The number of rotatable bonds is 2. The second kappa shape index (κ2) is 3.75. The predicted molar refractivity (Wildman–Crippen MR) is 41.8 cm³/mol. The molecule has 0 aromatic carbocycles. The van der Waals surface area contributed by atoms with Gasteiger partial charge in [-0.15, -0.1) is 0 Å². The highest BCUT2D eigenvalue weighted by molar-refractivity contribution is 5.54. The van der Waals surface area contributed by atoms with Crippen LogP contribution in [0.5, 0.6) is 0 Å². The average molecular weight is 140 g/mol. The molecule has 0 aromatic rings. The molecule has 1 saturated carbocycles. The Hall–Kier alpha value is -0.330. The van der Waals surface area contributed by atoms with Gasteiger partial charge in [0.15, 0.2) is 0 Å². The maximum Gasteiger partial charge on any atom is 0.123 e. The Labute approximate surface area is 62.8 Å². The minimum atomic E-state index is 0.388. The largest absolute Gasteiger partial charge is 0.303 e. The standard InChI is InChI=1S/C9H16O/c1-2-8-5-3-4-6-9(8)7-10/h7-9H,2-6H2,1H3/t8-,9?/m1/s1. The van der Waals surface area contributed by atoms with E-state index in [0.717, 1.165) is 12.7 Å². The fraction of sp³-hybridized carbons (Fsp3) is 0.889. The van der Waals surface area contributed by atoms with Crippen LogP contribution in [0.15, 0.2) is 0 Å². The summed E-state index contributed by atoms with van der Waals surface area (Å²) in [6.45, 7) is 2.19. The van der Waals surface area contributed by atoms with Gasteiger partial charge in [-0.2, -0.15) is 0 Å². The lowest BCUT2D eigenvalue weighted by molar-refractivity contribution is -0.113. The van der Waals surface area contributed by atoms with Crippen molar-refractivity contribution in [1.29, 1.82) is 0 Å². The number of aldehydes is 1.